The van der Waals surface area contributed by atoms with Crippen molar-refractivity contribution >= 4 is 34.2 Å². The van der Waals surface area contributed by atoms with Gasteiger partial charge in [0.05, 0.1) is 6.04 Å². The van der Waals surface area contributed by atoms with Gasteiger partial charge in [0.1, 0.15) is 0 Å². The minimum absolute atomic E-state index is 0.239. The topological polar surface area (TPSA) is 52.0 Å². The summed E-state index contributed by atoms with van der Waals surface area (Å²) >= 11 is 9.86. The first kappa shape index (κ1) is 7.78. The SMILES string of the molecule is NC1=CC(=S)C(N)C(=S)C1. The zero-order chi connectivity index (χ0) is 7.72. The first-order chi connectivity index (χ1) is 4.61. The largest absolute Gasteiger partial charge is 0.402 e. The molecule has 0 aromatic rings. The van der Waals surface area contributed by atoms with Gasteiger partial charge in [0, 0.05) is 21.8 Å². The molecule has 1 unspecified atom stereocenters. The van der Waals surface area contributed by atoms with Crippen LogP contribution in [0.5, 0.6) is 0 Å². The number of allylic oxidation sites excluding steroid dienone is 1. The summed E-state index contributed by atoms with van der Waals surface area (Å²) in [6.45, 7) is 0. The Bertz CT molecular complexity index is 220. The molecule has 0 bridgehead atoms. The number of rotatable bonds is 0. The van der Waals surface area contributed by atoms with Gasteiger partial charge in [0.25, 0.3) is 0 Å². The Morgan fingerprint density at radius 3 is 2.60 bits per heavy atom. The van der Waals surface area contributed by atoms with Crippen molar-refractivity contribution in [3.05, 3.63) is 11.8 Å². The predicted octanol–water partition coefficient (Wildman–Crippen LogP) is 0.300. The van der Waals surface area contributed by atoms with Gasteiger partial charge in [0.2, 0.25) is 0 Å². The third-order valence-electron chi connectivity index (χ3n) is 1.36. The lowest BCUT2D eigenvalue weighted by atomic mass is 10.0. The number of nitrogens with two attached hydrogens (primary N) is 2. The average molecular weight is 172 g/mol. The Labute approximate surface area is 70.3 Å². The van der Waals surface area contributed by atoms with E-state index in [-0.39, 0.29) is 6.04 Å². The van der Waals surface area contributed by atoms with Gasteiger partial charge < -0.3 is 11.5 Å². The fourth-order valence-electron chi connectivity index (χ4n) is 0.793. The Kier molecular flexibility index (Phi) is 2.13. The second kappa shape index (κ2) is 2.74. The summed E-state index contributed by atoms with van der Waals surface area (Å²) in [5, 5.41) is 0. The number of thiocarbonyl (C=S) groups is 2. The van der Waals surface area contributed by atoms with Crippen LogP contribution in [0.4, 0.5) is 0 Å². The molecule has 54 valence electrons. The van der Waals surface area contributed by atoms with Gasteiger partial charge in [-0.25, -0.2) is 0 Å². The quantitative estimate of drug-likeness (QED) is 0.516. The number of hydrogen-bond donors (Lipinski definition) is 2. The van der Waals surface area contributed by atoms with Crippen LogP contribution < -0.4 is 11.5 Å². The lowest BCUT2D eigenvalue weighted by Crippen LogP contribution is -2.39. The lowest BCUT2D eigenvalue weighted by Gasteiger charge is -2.17. The molecule has 0 amide bonds. The molecule has 0 aliphatic heterocycles. The van der Waals surface area contributed by atoms with Gasteiger partial charge in [-0.15, -0.1) is 0 Å². The van der Waals surface area contributed by atoms with Crippen LogP contribution in [-0.2, 0) is 0 Å². The van der Waals surface area contributed by atoms with Crippen molar-refractivity contribution in [1.29, 1.82) is 0 Å². The van der Waals surface area contributed by atoms with Gasteiger partial charge in [0.15, 0.2) is 0 Å². The van der Waals surface area contributed by atoms with E-state index in [0.29, 0.717) is 11.3 Å². The Balaban J connectivity index is 2.89. The second-order valence-electron chi connectivity index (χ2n) is 2.24. The number of hydrogen-bond acceptors (Lipinski definition) is 4. The lowest BCUT2D eigenvalue weighted by molar-refractivity contribution is 1.08. The van der Waals surface area contributed by atoms with E-state index in [4.69, 9.17) is 35.9 Å². The summed E-state index contributed by atoms with van der Waals surface area (Å²) in [5.41, 5.74) is 11.8. The summed E-state index contributed by atoms with van der Waals surface area (Å²) < 4.78 is 0. The van der Waals surface area contributed by atoms with Crippen LogP contribution in [0, 0.1) is 0 Å². The highest BCUT2D eigenvalue weighted by molar-refractivity contribution is 7.82. The molecule has 1 aliphatic rings. The van der Waals surface area contributed by atoms with E-state index >= 15 is 0 Å². The van der Waals surface area contributed by atoms with E-state index in [9.17, 15) is 0 Å². The molecule has 4 heteroatoms. The van der Waals surface area contributed by atoms with Crippen molar-refractivity contribution in [1.82, 2.24) is 0 Å². The molecule has 0 heterocycles. The van der Waals surface area contributed by atoms with Gasteiger partial charge in [-0.1, -0.05) is 24.4 Å². The van der Waals surface area contributed by atoms with Gasteiger partial charge in [-0.05, 0) is 6.08 Å². The van der Waals surface area contributed by atoms with Crippen molar-refractivity contribution in [3.63, 3.8) is 0 Å². The Hall–Kier alpha value is -0.320. The first-order valence-corrected chi connectivity index (χ1v) is 3.71. The van der Waals surface area contributed by atoms with Crippen LogP contribution in [0.1, 0.15) is 6.42 Å². The van der Waals surface area contributed by atoms with Crippen molar-refractivity contribution in [2.45, 2.75) is 12.5 Å². The molecular formula is C6H8N2S2. The minimum atomic E-state index is -0.239. The molecule has 4 N–H and O–H groups in total. The molecule has 1 rings (SSSR count). The smallest absolute Gasteiger partial charge is 0.0722 e. The summed E-state index contributed by atoms with van der Waals surface area (Å²) in [4.78, 5) is 1.39. The zero-order valence-electron chi connectivity index (χ0n) is 5.33. The van der Waals surface area contributed by atoms with Crippen LogP contribution in [0.15, 0.2) is 11.8 Å². The van der Waals surface area contributed by atoms with Crippen molar-refractivity contribution in [2.75, 3.05) is 0 Å². The van der Waals surface area contributed by atoms with Crippen molar-refractivity contribution in [3.8, 4) is 0 Å². The van der Waals surface area contributed by atoms with E-state index in [2.05, 4.69) is 0 Å². The maximum absolute atomic E-state index is 5.60. The van der Waals surface area contributed by atoms with E-state index in [1.807, 2.05) is 0 Å². The van der Waals surface area contributed by atoms with Gasteiger partial charge >= 0.3 is 0 Å². The predicted molar refractivity (Wildman–Crippen MR) is 50.1 cm³/mol. The molecule has 1 atom stereocenters. The summed E-state index contributed by atoms with van der Waals surface area (Å²) in [6.07, 6.45) is 2.33. The first-order valence-electron chi connectivity index (χ1n) is 2.89. The van der Waals surface area contributed by atoms with E-state index < -0.39 is 0 Å². The fourth-order valence-corrected chi connectivity index (χ4v) is 1.46. The molecule has 0 radical (unpaired) electrons. The molecule has 0 aromatic heterocycles. The molecule has 10 heavy (non-hydrogen) atoms. The molecule has 0 aromatic carbocycles. The highest BCUT2D eigenvalue weighted by atomic mass is 32.1. The van der Waals surface area contributed by atoms with Gasteiger partial charge in [-0.3, -0.25) is 0 Å². The van der Waals surface area contributed by atoms with Crippen molar-refractivity contribution < 1.29 is 0 Å². The fraction of sp³-hybridized carbons (Fsp3) is 0.333. The van der Waals surface area contributed by atoms with Crippen LogP contribution in [0.2, 0.25) is 0 Å². The van der Waals surface area contributed by atoms with Crippen LogP contribution in [-0.4, -0.2) is 15.8 Å². The highest BCUT2D eigenvalue weighted by Gasteiger charge is 2.18. The van der Waals surface area contributed by atoms with E-state index in [0.717, 1.165) is 10.6 Å². The summed E-state index contributed by atoms with van der Waals surface area (Å²) in [7, 11) is 0. The zero-order valence-corrected chi connectivity index (χ0v) is 6.97. The van der Waals surface area contributed by atoms with E-state index in [1.165, 1.54) is 0 Å². The molecule has 0 saturated carbocycles. The normalized spacial score (nSPS) is 26.5. The van der Waals surface area contributed by atoms with Crippen LogP contribution in [0.25, 0.3) is 0 Å². The minimum Gasteiger partial charge on any atom is -0.402 e. The molecule has 0 fully saturated rings. The van der Waals surface area contributed by atoms with E-state index in [1.54, 1.807) is 6.08 Å². The Morgan fingerprint density at radius 1 is 1.50 bits per heavy atom. The molecule has 1 aliphatic carbocycles. The van der Waals surface area contributed by atoms with Crippen LogP contribution in [0.3, 0.4) is 0 Å². The van der Waals surface area contributed by atoms with Crippen molar-refractivity contribution in [2.24, 2.45) is 11.5 Å². The molecule has 0 spiro atoms. The summed E-state index contributed by atoms with van der Waals surface area (Å²) in [5.74, 6) is 0. The highest BCUT2D eigenvalue weighted by Crippen LogP contribution is 2.09. The molecule has 0 saturated heterocycles. The maximum atomic E-state index is 5.60. The van der Waals surface area contributed by atoms with Gasteiger partial charge in [-0.2, -0.15) is 0 Å². The second-order valence-corrected chi connectivity index (χ2v) is 3.24. The third-order valence-corrected chi connectivity index (χ3v) is 2.13. The average Bonchev–Trinajstić information content (AvgIpc) is 1.82. The summed E-state index contributed by atoms with van der Waals surface area (Å²) in [6, 6.07) is -0.239. The standard InChI is InChI=1S/C6H8N2S2/c7-3-1-4(9)6(8)5(10)2-3/h1,6H,2,7-8H2. The maximum Gasteiger partial charge on any atom is 0.0722 e. The molecule has 2 nitrogen and oxygen atoms in total. The molecular weight excluding hydrogens is 164 g/mol. The van der Waals surface area contributed by atoms with Crippen LogP contribution >= 0.6 is 24.4 Å². The monoisotopic (exact) mass is 172 g/mol. The third kappa shape index (κ3) is 1.39. The Morgan fingerprint density at radius 2 is 2.10 bits per heavy atom.